The molecule has 5 fully saturated rings. The Hall–Kier alpha value is -2.60. The fourth-order valence-corrected chi connectivity index (χ4v) is 6.19. The van der Waals surface area contributed by atoms with Crippen molar-refractivity contribution in [1.82, 2.24) is 16.0 Å². The van der Waals surface area contributed by atoms with Crippen molar-refractivity contribution >= 4 is 24.1 Å². The number of hydrogen-bond acceptors (Lipinski definition) is 9. The van der Waals surface area contributed by atoms with Crippen LogP contribution in [0.4, 0.5) is 14.4 Å². The Balaban J connectivity index is 0.000000192. The van der Waals surface area contributed by atoms with Crippen molar-refractivity contribution < 1.29 is 42.9 Å². The van der Waals surface area contributed by atoms with Crippen LogP contribution in [0.3, 0.4) is 0 Å². The monoisotopic (exact) mass is 667 g/mol. The first-order valence-electron chi connectivity index (χ1n) is 17.4. The molecule has 3 N–H and O–H groups in total. The molecule has 5 atom stereocenters. The van der Waals surface area contributed by atoms with Gasteiger partial charge in [0.25, 0.3) is 0 Å². The van der Waals surface area contributed by atoms with Gasteiger partial charge in [0.15, 0.2) is 0 Å². The molecule has 3 aliphatic carbocycles. The number of nitrogens with one attached hydrogen (secondary N) is 3. The van der Waals surface area contributed by atoms with Crippen LogP contribution in [0.15, 0.2) is 0 Å². The predicted molar refractivity (Wildman–Crippen MR) is 177 cm³/mol. The zero-order chi connectivity index (χ0) is 35.1. The molecule has 2 saturated heterocycles. The maximum atomic E-state index is 11.6. The van der Waals surface area contributed by atoms with Gasteiger partial charge in [-0.15, -0.1) is 0 Å². The lowest BCUT2D eigenvalue weighted by Gasteiger charge is -2.29. The Morgan fingerprint density at radius 2 is 0.957 bits per heavy atom. The largest absolute Gasteiger partial charge is 0.444 e. The van der Waals surface area contributed by atoms with E-state index in [1.807, 2.05) is 62.3 Å². The summed E-state index contributed by atoms with van der Waals surface area (Å²) in [4.78, 5) is 45.7. The second-order valence-corrected chi connectivity index (χ2v) is 16.8. The highest BCUT2D eigenvalue weighted by atomic mass is 16.6. The highest BCUT2D eigenvalue weighted by Crippen LogP contribution is 2.42. The molecule has 270 valence electrons. The third-order valence-corrected chi connectivity index (χ3v) is 8.36. The first-order chi connectivity index (χ1) is 21.6. The summed E-state index contributed by atoms with van der Waals surface area (Å²) in [6, 6.07) is 0.387. The second-order valence-electron chi connectivity index (χ2n) is 16.8. The van der Waals surface area contributed by atoms with Crippen molar-refractivity contribution in [2.45, 2.75) is 185 Å². The summed E-state index contributed by atoms with van der Waals surface area (Å²) in [6.45, 7) is 18.4. The van der Waals surface area contributed by atoms with E-state index in [0.29, 0.717) is 12.8 Å². The van der Waals surface area contributed by atoms with Gasteiger partial charge in [-0.1, -0.05) is 0 Å². The van der Waals surface area contributed by atoms with Crippen LogP contribution in [0.25, 0.3) is 0 Å². The van der Waals surface area contributed by atoms with Crippen LogP contribution in [0.2, 0.25) is 0 Å². The molecule has 0 unspecified atom stereocenters. The summed E-state index contributed by atoms with van der Waals surface area (Å²) in [6.07, 6.45) is 10.2. The maximum absolute atomic E-state index is 11.6. The summed E-state index contributed by atoms with van der Waals surface area (Å²) in [7, 11) is 0. The number of alkyl carbamates (subject to hydrolysis) is 3. The van der Waals surface area contributed by atoms with E-state index in [9.17, 15) is 19.2 Å². The molecule has 2 heterocycles. The summed E-state index contributed by atoms with van der Waals surface area (Å²) < 4.78 is 26.5. The molecule has 3 amide bonds. The van der Waals surface area contributed by atoms with Gasteiger partial charge < -0.3 is 39.6 Å². The van der Waals surface area contributed by atoms with Gasteiger partial charge in [0.1, 0.15) is 22.6 Å². The van der Waals surface area contributed by atoms with Gasteiger partial charge >= 0.3 is 18.3 Å². The molecule has 0 aromatic rings. The minimum absolute atomic E-state index is 0.0406. The SMILES string of the molecule is CC(C)(C)OC(=O)N[C@@H]1CCCC(=O)C1.CC(C)(C)OC(=O)N[C@@H]1CCC[C@@]2(CO2)C1.CC(C)(C)OC(=O)N[C@@H]1CCC[C@]2(CO2)C1. The van der Waals surface area contributed by atoms with Crippen molar-refractivity contribution in [3.05, 3.63) is 0 Å². The fourth-order valence-electron chi connectivity index (χ4n) is 6.19. The summed E-state index contributed by atoms with van der Waals surface area (Å²) in [5, 5.41) is 8.58. The topological polar surface area (TPSA) is 157 Å². The van der Waals surface area contributed by atoms with Gasteiger partial charge in [-0.2, -0.15) is 0 Å². The van der Waals surface area contributed by atoms with Crippen LogP contribution >= 0.6 is 0 Å². The van der Waals surface area contributed by atoms with E-state index in [4.69, 9.17) is 23.7 Å². The van der Waals surface area contributed by atoms with Crippen molar-refractivity contribution in [3.8, 4) is 0 Å². The molecule has 0 radical (unpaired) electrons. The molecular formula is C35H61N3O9. The lowest BCUT2D eigenvalue weighted by atomic mass is 9.86. The minimum atomic E-state index is -0.483. The number of rotatable bonds is 3. The van der Waals surface area contributed by atoms with Crippen molar-refractivity contribution in [2.75, 3.05) is 13.2 Å². The zero-order valence-electron chi connectivity index (χ0n) is 30.3. The van der Waals surface area contributed by atoms with Gasteiger partial charge in [-0.3, -0.25) is 4.79 Å². The van der Waals surface area contributed by atoms with Gasteiger partial charge in [0.2, 0.25) is 0 Å². The number of hydrogen-bond donors (Lipinski definition) is 3. The van der Waals surface area contributed by atoms with E-state index in [1.165, 1.54) is 0 Å². The van der Waals surface area contributed by atoms with E-state index < -0.39 is 22.9 Å². The summed E-state index contributed by atoms with van der Waals surface area (Å²) in [5.41, 5.74) is -1.14. The molecule has 5 aliphatic rings. The molecule has 2 aliphatic heterocycles. The Labute approximate surface area is 281 Å². The molecule has 47 heavy (non-hydrogen) atoms. The highest BCUT2D eigenvalue weighted by molar-refractivity contribution is 5.80. The van der Waals surface area contributed by atoms with Crippen LogP contribution < -0.4 is 16.0 Å². The number of carbonyl (C=O) groups excluding carboxylic acids is 4. The lowest BCUT2D eigenvalue weighted by molar-refractivity contribution is -0.120. The molecule has 0 bridgehead atoms. The normalized spacial score (nSPS) is 30.0. The Morgan fingerprint density at radius 1 is 0.617 bits per heavy atom. The quantitative estimate of drug-likeness (QED) is 0.227. The first kappa shape index (κ1) is 38.8. The molecule has 12 nitrogen and oxygen atoms in total. The van der Waals surface area contributed by atoms with Crippen molar-refractivity contribution in [1.29, 1.82) is 0 Å². The average molecular weight is 668 g/mol. The number of ether oxygens (including phenoxy) is 5. The fraction of sp³-hybridized carbons (Fsp3) is 0.886. The molecular weight excluding hydrogens is 606 g/mol. The van der Waals surface area contributed by atoms with E-state index in [-0.39, 0.29) is 47.3 Å². The van der Waals surface area contributed by atoms with Crippen LogP contribution in [-0.4, -0.2) is 83.4 Å². The molecule has 12 heteroatoms. The van der Waals surface area contributed by atoms with Gasteiger partial charge in [0.05, 0.1) is 24.4 Å². The van der Waals surface area contributed by atoms with Crippen LogP contribution in [-0.2, 0) is 28.5 Å². The number of epoxide rings is 2. The van der Waals surface area contributed by atoms with E-state index in [1.54, 1.807) is 0 Å². The van der Waals surface area contributed by atoms with Crippen LogP contribution in [0.1, 0.15) is 139 Å². The molecule has 0 aromatic heterocycles. The maximum Gasteiger partial charge on any atom is 0.407 e. The molecule has 2 spiro atoms. The highest BCUT2D eigenvalue weighted by Gasteiger charge is 2.49. The average Bonchev–Trinajstić information content (AvgIpc) is 3.80. The standard InChI is InChI=1S/2C12H21NO3.C11H19NO3/c2*1-11(2,3)16-10(14)13-9-5-4-6-12(7-9)8-15-12;1-11(2,3)15-10(14)12-8-5-4-6-9(13)7-8/h2*9H,4-8H2,1-3H3,(H,13,14);8H,4-7H2,1-3H3,(H,12,14)/t9-,12+;9-,12-;8-/m111/s1. The van der Waals surface area contributed by atoms with E-state index in [2.05, 4.69) is 16.0 Å². The van der Waals surface area contributed by atoms with Gasteiger partial charge in [-0.25, -0.2) is 14.4 Å². The Kier molecular flexibility index (Phi) is 13.0. The molecule has 3 saturated carbocycles. The molecule has 5 rings (SSSR count). The number of carbonyl (C=O) groups is 4. The van der Waals surface area contributed by atoms with Crippen LogP contribution in [0.5, 0.6) is 0 Å². The number of ketones is 1. The van der Waals surface area contributed by atoms with E-state index >= 15 is 0 Å². The van der Waals surface area contributed by atoms with Crippen molar-refractivity contribution in [2.24, 2.45) is 0 Å². The number of Topliss-reactive ketones (excluding diaryl/α,β-unsaturated/α-hetero) is 1. The van der Waals surface area contributed by atoms with E-state index in [0.717, 1.165) is 77.4 Å². The lowest BCUT2D eigenvalue weighted by Crippen LogP contribution is -2.43. The van der Waals surface area contributed by atoms with Crippen molar-refractivity contribution in [3.63, 3.8) is 0 Å². The third kappa shape index (κ3) is 15.9. The second kappa shape index (κ2) is 15.7. The van der Waals surface area contributed by atoms with Gasteiger partial charge in [0, 0.05) is 31.0 Å². The smallest absolute Gasteiger partial charge is 0.407 e. The predicted octanol–water partition coefficient (Wildman–Crippen LogP) is 6.47. The van der Waals surface area contributed by atoms with Gasteiger partial charge in [-0.05, 0) is 127 Å². The first-order valence-corrected chi connectivity index (χ1v) is 17.4. The zero-order valence-corrected chi connectivity index (χ0v) is 30.3. The Bertz CT molecular complexity index is 1020. The third-order valence-electron chi connectivity index (χ3n) is 8.36. The summed E-state index contributed by atoms with van der Waals surface area (Å²) in [5.74, 6) is 0.224. The summed E-state index contributed by atoms with van der Waals surface area (Å²) >= 11 is 0. The van der Waals surface area contributed by atoms with Crippen LogP contribution in [0, 0.1) is 0 Å². The minimum Gasteiger partial charge on any atom is -0.444 e. The number of amides is 3. The Morgan fingerprint density at radius 3 is 1.28 bits per heavy atom. The molecule has 0 aromatic carbocycles.